The minimum atomic E-state index is -0.522. The number of allylic oxidation sites excluding steroid dienone is 2. The molecule has 0 radical (unpaired) electrons. The number of hydrogen-bond donors (Lipinski definition) is 0. The summed E-state index contributed by atoms with van der Waals surface area (Å²) in [6.45, 7) is 4.05. The Hall–Kier alpha value is -2.16. The van der Waals surface area contributed by atoms with Crippen LogP contribution in [-0.2, 0) is 14.3 Å². The number of ketones is 1. The van der Waals surface area contributed by atoms with Gasteiger partial charge in [0.2, 0.25) is 0 Å². The molecule has 0 amide bonds. The Morgan fingerprint density at radius 3 is 1.65 bits per heavy atom. The van der Waals surface area contributed by atoms with Crippen LogP contribution in [0.2, 0.25) is 0 Å². The van der Waals surface area contributed by atoms with Gasteiger partial charge in [0.05, 0.1) is 6.61 Å². The van der Waals surface area contributed by atoms with E-state index in [4.69, 9.17) is 4.74 Å². The molecule has 0 saturated heterocycles. The van der Waals surface area contributed by atoms with Gasteiger partial charge in [-0.05, 0) is 25.0 Å². The quantitative estimate of drug-likeness (QED) is 0.0451. The maximum absolute atomic E-state index is 12.2. The molecule has 0 aliphatic rings. The molecule has 0 bridgehead atoms. The number of carbonyl (C=O) groups excluding carboxylic acids is 2. The fourth-order valence-corrected chi connectivity index (χ4v) is 4.04. The second-order valence-electron chi connectivity index (χ2n) is 9.35. The number of ether oxygens (including phenoxy) is 1. The molecule has 1 rings (SSSR count). The van der Waals surface area contributed by atoms with E-state index < -0.39 is 5.97 Å². The van der Waals surface area contributed by atoms with Crippen molar-refractivity contribution in [3.63, 3.8) is 0 Å². The van der Waals surface area contributed by atoms with Crippen LogP contribution in [0.1, 0.15) is 122 Å². The summed E-state index contributed by atoms with van der Waals surface area (Å²) in [4.78, 5) is 24.0. The van der Waals surface area contributed by atoms with E-state index in [0.717, 1.165) is 18.4 Å². The molecule has 0 N–H and O–H groups in total. The fraction of sp³-hybridized carbons (Fsp3) is 0.613. The molecule has 0 aliphatic heterocycles. The van der Waals surface area contributed by atoms with Gasteiger partial charge in [0.1, 0.15) is 5.57 Å². The standard InChI is InChI=1S/C31H48O3/c1-3-4-5-6-7-8-9-10-11-12-13-14-15-16-17-21-27-34-31(33)30(28(2)32)26-22-25-29-23-19-18-20-24-29/h18-20,22-26H,3-17,21,27H2,1-2H3. The largest absolute Gasteiger partial charge is 0.462 e. The van der Waals surface area contributed by atoms with Gasteiger partial charge in [-0.1, -0.05) is 146 Å². The highest BCUT2D eigenvalue weighted by Gasteiger charge is 2.14. The summed E-state index contributed by atoms with van der Waals surface area (Å²) in [5.74, 6) is -0.791. The Bertz CT molecular complexity index is 703. The highest BCUT2D eigenvalue weighted by Crippen LogP contribution is 2.14. The zero-order valence-electron chi connectivity index (χ0n) is 21.9. The fourth-order valence-electron chi connectivity index (χ4n) is 4.04. The van der Waals surface area contributed by atoms with Gasteiger partial charge in [-0.15, -0.1) is 0 Å². The summed E-state index contributed by atoms with van der Waals surface area (Å²) in [6, 6.07) is 9.77. The van der Waals surface area contributed by atoms with Crippen LogP contribution in [0.3, 0.4) is 0 Å². The number of carbonyl (C=O) groups is 2. The molecule has 0 fully saturated rings. The third-order valence-corrected chi connectivity index (χ3v) is 6.18. The molecule has 0 unspecified atom stereocenters. The van der Waals surface area contributed by atoms with E-state index in [1.54, 1.807) is 12.2 Å². The van der Waals surface area contributed by atoms with Crippen LogP contribution < -0.4 is 0 Å². The van der Waals surface area contributed by atoms with Crippen LogP contribution in [-0.4, -0.2) is 18.4 Å². The van der Waals surface area contributed by atoms with Crippen LogP contribution >= 0.6 is 0 Å². The predicted octanol–water partition coefficient (Wildman–Crippen LogP) is 9.02. The lowest BCUT2D eigenvalue weighted by atomic mass is 10.0. The monoisotopic (exact) mass is 468 g/mol. The van der Waals surface area contributed by atoms with Crippen molar-refractivity contribution in [3.8, 4) is 0 Å². The molecule has 0 spiro atoms. The molecule has 3 nitrogen and oxygen atoms in total. The van der Waals surface area contributed by atoms with E-state index >= 15 is 0 Å². The van der Waals surface area contributed by atoms with Crippen molar-refractivity contribution in [1.29, 1.82) is 0 Å². The van der Waals surface area contributed by atoms with Crippen molar-refractivity contribution < 1.29 is 14.3 Å². The number of rotatable bonds is 21. The summed E-state index contributed by atoms with van der Waals surface area (Å²) < 4.78 is 5.33. The smallest absolute Gasteiger partial charge is 0.341 e. The topological polar surface area (TPSA) is 43.4 Å². The van der Waals surface area contributed by atoms with E-state index in [-0.39, 0.29) is 11.4 Å². The van der Waals surface area contributed by atoms with Crippen molar-refractivity contribution in [3.05, 3.63) is 53.6 Å². The van der Waals surface area contributed by atoms with Crippen LogP contribution in [0.5, 0.6) is 0 Å². The average Bonchev–Trinajstić information content (AvgIpc) is 2.84. The lowest BCUT2D eigenvalue weighted by molar-refractivity contribution is -0.140. The molecule has 1 aromatic rings. The normalized spacial score (nSPS) is 11.8. The molecular formula is C31H48O3. The summed E-state index contributed by atoms with van der Waals surface area (Å²) in [5, 5.41) is 0. The van der Waals surface area contributed by atoms with Crippen LogP contribution in [0.25, 0.3) is 6.08 Å². The summed E-state index contributed by atoms with van der Waals surface area (Å²) >= 11 is 0. The first-order valence-corrected chi connectivity index (χ1v) is 13.8. The molecule has 0 aromatic heterocycles. The highest BCUT2D eigenvalue weighted by atomic mass is 16.5. The second-order valence-corrected chi connectivity index (χ2v) is 9.35. The minimum absolute atomic E-state index is 0.101. The zero-order chi connectivity index (χ0) is 24.7. The van der Waals surface area contributed by atoms with Crippen molar-refractivity contribution in [2.75, 3.05) is 6.61 Å². The van der Waals surface area contributed by atoms with Gasteiger partial charge in [0.25, 0.3) is 0 Å². The molecule has 0 heterocycles. The Kier molecular flexibility index (Phi) is 18.8. The van der Waals surface area contributed by atoms with Crippen molar-refractivity contribution in [2.24, 2.45) is 0 Å². The molecule has 190 valence electrons. The van der Waals surface area contributed by atoms with Crippen molar-refractivity contribution in [1.82, 2.24) is 0 Å². The summed E-state index contributed by atoms with van der Waals surface area (Å²) in [5.41, 5.74) is 1.12. The lowest BCUT2D eigenvalue weighted by Crippen LogP contribution is -2.14. The Morgan fingerprint density at radius 2 is 1.18 bits per heavy atom. The Labute approximate surface area is 209 Å². The highest BCUT2D eigenvalue weighted by molar-refractivity contribution is 6.16. The molecule has 0 atom stereocenters. The van der Waals surface area contributed by atoms with Crippen LogP contribution in [0.4, 0.5) is 0 Å². The molecule has 34 heavy (non-hydrogen) atoms. The number of benzene rings is 1. The number of esters is 1. The summed E-state index contributed by atoms with van der Waals surface area (Å²) in [7, 11) is 0. The van der Waals surface area contributed by atoms with E-state index in [1.807, 2.05) is 36.4 Å². The van der Waals surface area contributed by atoms with E-state index in [1.165, 1.54) is 96.8 Å². The van der Waals surface area contributed by atoms with E-state index in [0.29, 0.717) is 6.61 Å². The van der Waals surface area contributed by atoms with Crippen molar-refractivity contribution >= 4 is 17.8 Å². The van der Waals surface area contributed by atoms with Gasteiger partial charge >= 0.3 is 5.97 Å². The van der Waals surface area contributed by atoms with Gasteiger partial charge in [0.15, 0.2) is 5.78 Å². The van der Waals surface area contributed by atoms with Crippen LogP contribution in [0.15, 0.2) is 48.1 Å². The molecular weight excluding hydrogens is 420 g/mol. The lowest BCUT2D eigenvalue weighted by Gasteiger charge is -2.06. The molecule has 0 aliphatic carbocycles. The molecule has 0 saturated carbocycles. The Balaban J connectivity index is 2.00. The van der Waals surface area contributed by atoms with Gasteiger partial charge in [0, 0.05) is 0 Å². The number of Topliss-reactive ketones (excluding diaryl/α,β-unsaturated/α-hetero) is 1. The van der Waals surface area contributed by atoms with Gasteiger partial charge in [-0.25, -0.2) is 4.79 Å². The zero-order valence-corrected chi connectivity index (χ0v) is 21.9. The SMILES string of the molecule is CCCCCCCCCCCCCCCCCCOC(=O)C(=CC=Cc1ccccc1)C(C)=O. The van der Waals surface area contributed by atoms with E-state index in [2.05, 4.69) is 6.92 Å². The second kappa shape index (κ2) is 21.4. The third kappa shape index (κ3) is 16.5. The van der Waals surface area contributed by atoms with Crippen LogP contribution in [0, 0.1) is 0 Å². The summed E-state index contributed by atoms with van der Waals surface area (Å²) in [6.07, 6.45) is 26.1. The van der Waals surface area contributed by atoms with Gasteiger partial charge in [-0.3, -0.25) is 4.79 Å². The first-order valence-electron chi connectivity index (χ1n) is 13.8. The number of unbranched alkanes of at least 4 members (excludes halogenated alkanes) is 15. The van der Waals surface area contributed by atoms with Gasteiger partial charge in [-0.2, -0.15) is 0 Å². The Morgan fingerprint density at radius 1 is 0.706 bits per heavy atom. The molecule has 3 heteroatoms. The number of hydrogen-bond acceptors (Lipinski definition) is 3. The maximum Gasteiger partial charge on any atom is 0.341 e. The average molecular weight is 469 g/mol. The van der Waals surface area contributed by atoms with Gasteiger partial charge < -0.3 is 4.74 Å². The van der Waals surface area contributed by atoms with Crippen molar-refractivity contribution in [2.45, 2.75) is 117 Å². The maximum atomic E-state index is 12.2. The molecule has 1 aromatic carbocycles. The third-order valence-electron chi connectivity index (χ3n) is 6.18. The van der Waals surface area contributed by atoms with E-state index in [9.17, 15) is 9.59 Å². The predicted molar refractivity (Wildman–Crippen MR) is 145 cm³/mol. The first-order chi connectivity index (χ1) is 16.6. The minimum Gasteiger partial charge on any atom is -0.462 e. The first kappa shape index (κ1) is 29.9.